The maximum atomic E-state index is 12.1. The second kappa shape index (κ2) is 7.13. The van der Waals surface area contributed by atoms with Crippen molar-refractivity contribution in [3.63, 3.8) is 0 Å². The van der Waals surface area contributed by atoms with Gasteiger partial charge in [0.25, 0.3) is 0 Å². The second-order valence-corrected chi connectivity index (χ2v) is 7.19. The predicted octanol–water partition coefficient (Wildman–Crippen LogP) is 3.14. The highest BCUT2D eigenvalue weighted by molar-refractivity contribution is 7.89. The van der Waals surface area contributed by atoms with E-state index in [0.29, 0.717) is 18.8 Å². The maximum Gasteiger partial charge on any atom is 0.389 e. The molecule has 0 saturated heterocycles. The highest BCUT2D eigenvalue weighted by Gasteiger charge is 2.34. The summed E-state index contributed by atoms with van der Waals surface area (Å²) >= 11 is 5.56. The highest BCUT2D eigenvalue weighted by Crippen LogP contribution is 2.28. The van der Waals surface area contributed by atoms with E-state index in [9.17, 15) is 21.6 Å². The van der Waals surface area contributed by atoms with E-state index in [1.807, 2.05) is 0 Å². The van der Waals surface area contributed by atoms with Crippen LogP contribution in [0, 0.1) is 0 Å². The molecule has 114 valence electrons. The molecule has 0 aromatic carbocycles. The summed E-state index contributed by atoms with van der Waals surface area (Å²) in [5.41, 5.74) is 0. The van der Waals surface area contributed by atoms with Gasteiger partial charge in [0.05, 0.1) is 5.75 Å². The second-order valence-electron chi connectivity index (χ2n) is 4.77. The van der Waals surface area contributed by atoms with Crippen LogP contribution in [0.3, 0.4) is 0 Å². The Morgan fingerprint density at radius 1 is 1.21 bits per heavy atom. The van der Waals surface area contributed by atoms with Gasteiger partial charge in [0.1, 0.15) is 0 Å². The van der Waals surface area contributed by atoms with Crippen molar-refractivity contribution in [3.8, 4) is 0 Å². The molecule has 0 bridgehead atoms. The molecule has 1 saturated carbocycles. The number of alkyl halides is 4. The van der Waals surface area contributed by atoms with E-state index >= 15 is 0 Å². The molecule has 1 aliphatic rings. The number of hydrogen-bond acceptors (Lipinski definition) is 2. The van der Waals surface area contributed by atoms with Gasteiger partial charge in [-0.05, 0) is 25.7 Å². The van der Waals surface area contributed by atoms with Gasteiger partial charge < -0.3 is 0 Å². The Morgan fingerprint density at radius 2 is 1.84 bits per heavy atom. The van der Waals surface area contributed by atoms with Gasteiger partial charge in [-0.25, -0.2) is 8.42 Å². The Morgan fingerprint density at radius 3 is 2.26 bits per heavy atom. The van der Waals surface area contributed by atoms with Gasteiger partial charge in [-0.1, -0.05) is 6.42 Å². The summed E-state index contributed by atoms with van der Waals surface area (Å²) < 4.78 is 61.6. The first-order valence-electron chi connectivity index (χ1n) is 6.38. The first-order chi connectivity index (χ1) is 8.76. The molecule has 0 spiro atoms. The molecule has 8 heteroatoms. The van der Waals surface area contributed by atoms with E-state index in [0.717, 1.165) is 19.3 Å². The van der Waals surface area contributed by atoms with E-state index in [1.165, 1.54) is 4.31 Å². The van der Waals surface area contributed by atoms with Crippen LogP contribution >= 0.6 is 11.6 Å². The quantitative estimate of drug-likeness (QED) is 0.644. The monoisotopic (exact) mass is 321 g/mol. The van der Waals surface area contributed by atoms with Crippen molar-refractivity contribution in [2.75, 3.05) is 18.2 Å². The summed E-state index contributed by atoms with van der Waals surface area (Å²) in [5.74, 6) is -0.0907. The summed E-state index contributed by atoms with van der Waals surface area (Å²) in [5, 5.41) is 0. The first kappa shape index (κ1) is 17.0. The lowest BCUT2D eigenvalue weighted by Crippen LogP contribution is -2.45. The molecule has 0 atom stereocenters. The molecule has 0 unspecified atom stereocenters. The fourth-order valence-electron chi connectivity index (χ4n) is 2.01. The zero-order valence-electron chi connectivity index (χ0n) is 10.6. The lowest BCUT2D eigenvalue weighted by molar-refractivity contribution is -0.134. The number of rotatable bonds is 8. The summed E-state index contributed by atoms with van der Waals surface area (Å²) in [7, 11) is -3.60. The molecule has 0 N–H and O–H groups in total. The molecule has 1 rings (SSSR count). The molecule has 0 aromatic rings. The summed E-state index contributed by atoms with van der Waals surface area (Å²) in [4.78, 5) is 0. The molecule has 0 radical (unpaired) electrons. The van der Waals surface area contributed by atoms with Crippen LogP contribution in [-0.2, 0) is 10.0 Å². The molecule has 0 aliphatic heterocycles. The van der Waals surface area contributed by atoms with E-state index < -0.39 is 28.4 Å². The Kier molecular flexibility index (Phi) is 6.39. The van der Waals surface area contributed by atoms with Gasteiger partial charge in [0.15, 0.2) is 0 Å². The van der Waals surface area contributed by atoms with Crippen LogP contribution in [0.4, 0.5) is 13.2 Å². The normalized spacial score (nSPS) is 17.7. The van der Waals surface area contributed by atoms with Crippen molar-refractivity contribution < 1.29 is 21.6 Å². The number of nitrogens with zero attached hydrogens (tertiary/aromatic N) is 1. The van der Waals surface area contributed by atoms with Crippen LogP contribution < -0.4 is 0 Å². The topological polar surface area (TPSA) is 37.4 Å². The van der Waals surface area contributed by atoms with Crippen LogP contribution in [0.1, 0.15) is 38.5 Å². The van der Waals surface area contributed by atoms with Crippen LogP contribution in [0.5, 0.6) is 0 Å². The fourth-order valence-corrected chi connectivity index (χ4v) is 3.95. The molecule has 0 amide bonds. The van der Waals surface area contributed by atoms with Gasteiger partial charge in [0.2, 0.25) is 10.0 Å². The van der Waals surface area contributed by atoms with Crippen LogP contribution in [0.2, 0.25) is 0 Å². The largest absolute Gasteiger partial charge is 0.389 e. The van der Waals surface area contributed by atoms with E-state index in [1.54, 1.807) is 0 Å². The summed E-state index contributed by atoms with van der Waals surface area (Å²) in [6.45, 7) is 0.308. The van der Waals surface area contributed by atoms with Crippen molar-refractivity contribution in [1.82, 2.24) is 4.31 Å². The summed E-state index contributed by atoms with van der Waals surface area (Å²) in [6.07, 6.45) is -2.65. The molecule has 19 heavy (non-hydrogen) atoms. The standard InChI is InChI=1S/C11H19ClF3NO2S/c12-7-3-8-16(10-4-1-5-10)19(17,18)9-2-6-11(13,14)15/h10H,1-9H2. The van der Waals surface area contributed by atoms with Crippen molar-refractivity contribution in [1.29, 1.82) is 0 Å². The van der Waals surface area contributed by atoms with Gasteiger partial charge in [-0.15, -0.1) is 11.6 Å². The molecule has 1 fully saturated rings. The Bertz CT molecular complexity index is 369. The SMILES string of the molecule is O=S(=O)(CCCC(F)(F)F)N(CCCCl)C1CCC1. The minimum absolute atomic E-state index is 0.0425. The minimum atomic E-state index is -4.30. The highest BCUT2D eigenvalue weighted by atomic mass is 35.5. The zero-order valence-corrected chi connectivity index (χ0v) is 12.2. The Balaban J connectivity index is 2.54. The van der Waals surface area contributed by atoms with Gasteiger partial charge in [-0.2, -0.15) is 17.5 Å². The zero-order chi connectivity index (χ0) is 14.5. The van der Waals surface area contributed by atoms with Gasteiger partial charge in [0, 0.05) is 24.9 Å². The minimum Gasteiger partial charge on any atom is -0.212 e. The Labute approximate surface area is 117 Å². The smallest absolute Gasteiger partial charge is 0.212 e. The van der Waals surface area contributed by atoms with Crippen LogP contribution in [0.25, 0.3) is 0 Å². The van der Waals surface area contributed by atoms with Crippen molar-refractivity contribution >= 4 is 21.6 Å². The third kappa shape index (κ3) is 5.87. The fraction of sp³-hybridized carbons (Fsp3) is 1.00. The molecule has 1 aliphatic carbocycles. The predicted molar refractivity (Wildman–Crippen MR) is 68.8 cm³/mol. The summed E-state index contributed by atoms with van der Waals surface area (Å²) in [6, 6.07) is -0.0425. The van der Waals surface area contributed by atoms with Crippen molar-refractivity contribution in [3.05, 3.63) is 0 Å². The van der Waals surface area contributed by atoms with Crippen LogP contribution in [0.15, 0.2) is 0 Å². The van der Waals surface area contributed by atoms with E-state index in [4.69, 9.17) is 11.6 Å². The van der Waals surface area contributed by atoms with Gasteiger partial charge in [-0.3, -0.25) is 0 Å². The number of sulfonamides is 1. The van der Waals surface area contributed by atoms with Crippen molar-refractivity contribution in [2.45, 2.75) is 50.7 Å². The van der Waals surface area contributed by atoms with E-state index in [-0.39, 0.29) is 12.5 Å². The lowest BCUT2D eigenvalue weighted by atomic mass is 9.93. The maximum absolute atomic E-state index is 12.1. The number of halogens is 4. The number of hydrogen-bond donors (Lipinski definition) is 0. The van der Waals surface area contributed by atoms with E-state index in [2.05, 4.69) is 0 Å². The Hall–Kier alpha value is -0.0100. The molecular weight excluding hydrogens is 303 g/mol. The van der Waals surface area contributed by atoms with Gasteiger partial charge >= 0.3 is 6.18 Å². The molecular formula is C11H19ClF3NO2S. The molecule has 0 heterocycles. The first-order valence-corrected chi connectivity index (χ1v) is 8.53. The molecule has 3 nitrogen and oxygen atoms in total. The third-order valence-electron chi connectivity index (χ3n) is 3.21. The average molecular weight is 322 g/mol. The van der Waals surface area contributed by atoms with Crippen molar-refractivity contribution in [2.24, 2.45) is 0 Å². The lowest BCUT2D eigenvalue weighted by Gasteiger charge is -2.36. The average Bonchev–Trinajstić information content (AvgIpc) is 2.18. The van der Waals surface area contributed by atoms with Crippen LogP contribution in [-0.4, -0.2) is 43.1 Å². The third-order valence-corrected chi connectivity index (χ3v) is 5.48. The molecule has 0 aromatic heterocycles.